The quantitative estimate of drug-likeness (QED) is 0.554. The van der Waals surface area contributed by atoms with Crippen molar-refractivity contribution >= 4 is 0 Å². The van der Waals surface area contributed by atoms with Crippen LogP contribution in [0.5, 0.6) is 0 Å². The van der Waals surface area contributed by atoms with Crippen molar-refractivity contribution in [3.63, 3.8) is 0 Å². The number of hydrogen-bond acceptors (Lipinski definition) is 3. The van der Waals surface area contributed by atoms with Gasteiger partial charge in [-0.1, -0.05) is 0 Å². The van der Waals surface area contributed by atoms with Crippen molar-refractivity contribution in [2.24, 2.45) is 5.73 Å². The molecule has 3 nitrogen and oxygen atoms in total. The summed E-state index contributed by atoms with van der Waals surface area (Å²) in [6.45, 7) is 0.743. The maximum absolute atomic E-state index is 8.85. The minimum atomic E-state index is 0.174. The summed E-state index contributed by atoms with van der Waals surface area (Å²) in [4.78, 5) is 2.18. The van der Waals surface area contributed by atoms with E-state index in [0.717, 1.165) is 0 Å². The molecule has 0 aromatic rings. The Labute approximate surface area is 61.8 Å². The third-order valence-electron chi connectivity index (χ3n) is 2.18. The highest BCUT2D eigenvalue weighted by Gasteiger charge is 2.29. The van der Waals surface area contributed by atoms with Gasteiger partial charge in [-0.3, -0.25) is 4.90 Å². The first-order valence-corrected chi connectivity index (χ1v) is 3.82. The number of aliphatic hydroxyl groups is 1. The predicted octanol–water partition coefficient (Wildman–Crippen LogP) is -0.600. The molecule has 0 amide bonds. The Kier molecular flexibility index (Phi) is 2.65. The summed E-state index contributed by atoms with van der Waals surface area (Å²) in [5.41, 5.74) is 5.45. The summed E-state index contributed by atoms with van der Waals surface area (Å²) < 4.78 is 0. The van der Waals surface area contributed by atoms with Crippen LogP contribution in [0.3, 0.4) is 0 Å². The third-order valence-corrected chi connectivity index (χ3v) is 2.18. The first-order chi connectivity index (χ1) is 4.79. The van der Waals surface area contributed by atoms with Crippen LogP contribution in [-0.4, -0.2) is 42.3 Å². The fraction of sp³-hybridized carbons (Fsp3) is 1.00. The van der Waals surface area contributed by atoms with E-state index in [9.17, 15) is 0 Å². The van der Waals surface area contributed by atoms with Gasteiger partial charge < -0.3 is 10.8 Å². The zero-order chi connectivity index (χ0) is 7.56. The van der Waals surface area contributed by atoms with Gasteiger partial charge in [0, 0.05) is 18.6 Å². The molecule has 0 spiro atoms. The second kappa shape index (κ2) is 3.32. The van der Waals surface area contributed by atoms with Gasteiger partial charge in [0.05, 0.1) is 6.61 Å². The summed E-state index contributed by atoms with van der Waals surface area (Å²) >= 11 is 0. The molecule has 0 saturated heterocycles. The van der Waals surface area contributed by atoms with Crippen LogP contribution in [0.15, 0.2) is 0 Å². The van der Waals surface area contributed by atoms with E-state index in [4.69, 9.17) is 10.8 Å². The van der Waals surface area contributed by atoms with Crippen LogP contribution in [0.1, 0.15) is 12.8 Å². The summed E-state index contributed by atoms with van der Waals surface area (Å²) in [7, 11) is 2.03. The van der Waals surface area contributed by atoms with Gasteiger partial charge in [-0.2, -0.15) is 0 Å². The molecule has 0 heterocycles. The maximum Gasteiger partial charge on any atom is 0.0599 e. The molecule has 1 rings (SSSR count). The average molecular weight is 144 g/mol. The summed E-state index contributed by atoms with van der Waals surface area (Å²) in [6.07, 6.45) is 2.54. The van der Waals surface area contributed by atoms with Gasteiger partial charge in [0.2, 0.25) is 0 Å². The van der Waals surface area contributed by atoms with Crippen molar-refractivity contribution in [1.82, 2.24) is 4.90 Å². The third kappa shape index (κ3) is 1.68. The predicted molar refractivity (Wildman–Crippen MR) is 40.7 cm³/mol. The molecule has 60 valence electrons. The van der Waals surface area contributed by atoms with Crippen molar-refractivity contribution in [3.8, 4) is 0 Å². The molecule has 0 aliphatic heterocycles. The molecule has 1 aliphatic rings. The number of nitrogens with two attached hydrogens (primary N) is 1. The van der Waals surface area contributed by atoms with Crippen LogP contribution < -0.4 is 5.73 Å². The Morgan fingerprint density at radius 1 is 1.70 bits per heavy atom. The van der Waals surface area contributed by atoms with E-state index in [2.05, 4.69) is 4.90 Å². The molecule has 0 radical (unpaired) electrons. The fourth-order valence-corrected chi connectivity index (χ4v) is 1.15. The topological polar surface area (TPSA) is 49.5 Å². The SMILES string of the molecule is CN(C(CN)CO)C1CC1. The van der Waals surface area contributed by atoms with Crippen molar-refractivity contribution in [2.75, 3.05) is 20.2 Å². The van der Waals surface area contributed by atoms with Crippen molar-refractivity contribution in [1.29, 1.82) is 0 Å². The average Bonchev–Trinajstić information content (AvgIpc) is 2.71. The normalized spacial score (nSPS) is 21.6. The van der Waals surface area contributed by atoms with E-state index in [1.54, 1.807) is 0 Å². The van der Waals surface area contributed by atoms with Gasteiger partial charge in [0.15, 0.2) is 0 Å². The van der Waals surface area contributed by atoms with Crippen LogP contribution in [0.25, 0.3) is 0 Å². The first-order valence-electron chi connectivity index (χ1n) is 3.82. The molecule has 1 fully saturated rings. The smallest absolute Gasteiger partial charge is 0.0599 e. The number of rotatable bonds is 4. The van der Waals surface area contributed by atoms with E-state index >= 15 is 0 Å². The highest BCUT2D eigenvalue weighted by atomic mass is 16.3. The van der Waals surface area contributed by atoms with E-state index in [-0.39, 0.29) is 12.6 Å². The molecule has 1 saturated carbocycles. The Morgan fingerprint density at radius 2 is 2.30 bits per heavy atom. The highest BCUT2D eigenvalue weighted by molar-refractivity contribution is 4.86. The molecule has 0 aromatic carbocycles. The molecule has 1 aliphatic carbocycles. The lowest BCUT2D eigenvalue weighted by molar-refractivity contribution is 0.146. The minimum absolute atomic E-state index is 0.174. The Balaban J connectivity index is 2.27. The Hall–Kier alpha value is -0.120. The van der Waals surface area contributed by atoms with Crippen molar-refractivity contribution in [2.45, 2.75) is 24.9 Å². The lowest BCUT2D eigenvalue weighted by atomic mass is 10.3. The number of hydrogen-bond donors (Lipinski definition) is 2. The highest BCUT2D eigenvalue weighted by Crippen LogP contribution is 2.26. The number of likely N-dealkylation sites (N-methyl/N-ethyl adjacent to an activating group) is 1. The summed E-state index contributed by atoms with van der Waals surface area (Å²) in [5.74, 6) is 0. The van der Waals surface area contributed by atoms with Crippen molar-refractivity contribution < 1.29 is 5.11 Å². The van der Waals surface area contributed by atoms with E-state index in [1.807, 2.05) is 7.05 Å². The second-order valence-electron chi connectivity index (χ2n) is 2.97. The second-order valence-corrected chi connectivity index (χ2v) is 2.97. The van der Waals surface area contributed by atoms with Crippen LogP contribution in [0.4, 0.5) is 0 Å². The lowest BCUT2D eigenvalue weighted by Crippen LogP contribution is -2.41. The maximum atomic E-state index is 8.85. The zero-order valence-electron chi connectivity index (χ0n) is 6.45. The standard InChI is InChI=1S/C7H16N2O/c1-9(6-2-3-6)7(4-8)5-10/h6-7,10H,2-5,8H2,1H3. The van der Waals surface area contributed by atoms with Crippen molar-refractivity contribution in [3.05, 3.63) is 0 Å². The van der Waals surface area contributed by atoms with Gasteiger partial charge in [0.25, 0.3) is 0 Å². The molecule has 10 heavy (non-hydrogen) atoms. The summed E-state index contributed by atoms with van der Waals surface area (Å²) in [5, 5.41) is 8.85. The van der Waals surface area contributed by atoms with E-state index in [1.165, 1.54) is 12.8 Å². The van der Waals surface area contributed by atoms with E-state index < -0.39 is 0 Å². The van der Waals surface area contributed by atoms with Crippen LogP contribution >= 0.6 is 0 Å². The fourth-order valence-electron chi connectivity index (χ4n) is 1.15. The van der Waals surface area contributed by atoms with Gasteiger partial charge >= 0.3 is 0 Å². The molecule has 0 aromatic heterocycles. The molecule has 1 atom stereocenters. The van der Waals surface area contributed by atoms with Gasteiger partial charge in [-0.05, 0) is 19.9 Å². The first kappa shape index (κ1) is 7.98. The Morgan fingerprint density at radius 3 is 2.60 bits per heavy atom. The van der Waals surface area contributed by atoms with Crippen LogP contribution in [-0.2, 0) is 0 Å². The largest absolute Gasteiger partial charge is 0.395 e. The monoisotopic (exact) mass is 144 g/mol. The van der Waals surface area contributed by atoms with Gasteiger partial charge in [-0.15, -0.1) is 0 Å². The zero-order valence-corrected chi connectivity index (χ0v) is 6.45. The number of nitrogens with zero attached hydrogens (tertiary/aromatic N) is 1. The van der Waals surface area contributed by atoms with Crippen LogP contribution in [0.2, 0.25) is 0 Å². The Bertz CT molecular complexity index is 99.8. The summed E-state index contributed by atoms with van der Waals surface area (Å²) in [6, 6.07) is 0.869. The lowest BCUT2D eigenvalue weighted by Gasteiger charge is -2.24. The minimum Gasteiger partial charge on any atom is -0.395 e. The van der Waals surface area contributed by atoms with E-state index in [0.29, 0.717) is 12.6 Å². The molecule has 0 bridgehead atoms. The molecule has 1 unspecified atom stereocenters. The molecule has 3 heteroatoms. The molecule has 3 N–H and O–H groups in total. The van der Waals surface area contributed by atoms with Gasteiger partial charge in [-0.25, -0.2) is 0 Å². The molecular weight excluding hydrogens is 128 g/mol. The van der Waals surface area contributed by atoms with Gasteiger partial charge in [0.1, 0.15) is 0 Å². The number of aliphatic hydroxyl groups excluding tert-OH is 1. The van der Waals surface area contributed by atoms with Crippen LogP contribution in [0, 0.1) is 0 Å². The molecular formula is C7H16N2O.